The molecule has 1 aliphatic heterocycles. The maximum Gasteiger partial charge on any atom is 0.411 e. The van der Waals surface area contributed by atoms with Gasteiger partial charge in [-0.15, -0.1) is 0 Å². The van der Waals surface area contributed by atoms with Gasteiger partial charge in [-0.25, -0.2) is 14.4 Å². The monoisotopic (exact) mass is 900 g/mol. The molecule has 7 rings (SSSR count). The summed E-state index contributed by atoms with van der Waals surface area (Å²) in [5.74, 6) is -6.08. The summed E-state index contributed by atoms with van der Waals surface area (Å²) in [7, 11) is 0. The molecule has 3 fully saturated rings. The number of carbonyl (C=O) groups excluding carboxylic acids is 6. The average Bonchev–Trinajstić information content (AvgIpc) is 3.79. The van der Waals surface area contributed by atoms with E-state index < -0.39 is 113 Å². The Morgan fingerprint density at radius 2 is 1.58 bits per heavy atom. The number of hydrogen-bond acceptors (Lipinski definition) is 15. The van der Waals surface area contributed by atoms with Crippen molar-refractivity contribution in [3.05, 3.63) is 102 Å². The van der Waals surface area contributed by atoms with E-state index >= 15 is 4.79 Å². The molecule has 2 amide bonds. The minimum absolute atomic E-state index is 0.0444. The summed E-state index contributed by atoms with van der Waals surface area (Å²) in [6, 6.07) is 17.7. The fourth-order valence-corrected chi connectivity index (χ4v) is 10.4. The molecule has 4 aliphatic rings. The largest absolute Gasteiger partial charge is 0.467 e. The second-order valence-corrected chi connectivity index (χ2v) is 18.6. The normalized spacial score (nSPS) is 31.0. The van der Waals surface area contributed by atoms with Crippen molar-refractivity contribution in [1.82, 2.24) is 5.32 Å². The summed E-state index contributed by atoms with van der Waals surface area (Å²) in [5.41, 5.74) is -7.60. The number of esters is 3. The number of furan rings is 1. The van der Waals surface area contributed by atoms with Crippen LogP contribution in [0.5, 0.6) is 0 Å². The van der Waals surface area contributed by atoms with Gasteiger partial charge in [0.25, 0.3) is 0 Å². The lowest BCUT2D eigenvalue weighted by Gasteiger charge is -2.67. The van der Waals surface area contributed by atoms with Gasteiger partial charge in [-0.3, -0.25) is 19.7 Å². The highest BCUT2D eigenvalue weighted by molar-refractivity contribution is 5.95. The molecular weight excluding hydrogens is 845 g/mol. The molecule has 2 saturated carbocycles. The molecule has 2 aromatic carbocycles. The second-order valence-electron chi connectivity index (χ2n) is 18.6. The molecule has 348 valence electrons. The van der Waals surface area contributed by atoms with Crippen LogP contribution in [0, 0.1) is 22.7 Å². The number of rotatable bonds is 12. The summed E-state index contributed by atoms with van der Waals surface area (Å²) in [6.45, 7) is 10.4. The SMILES string of the molecule is CC(=O)O[C@@]12CO[C@@H]1CC(OC(=O)Nc1ccccc1)[C@@]1(C)C(=O)[C@H](O)C3=C(C)[C@@H](OC(=O)[C@H](O)[C@@H](NC(=O)CC(C)C)c4ccco4)C[C@@](O)(C(OC(=O)c4ccccc4)C12)C3(C)C. The Kier molecular flexibility index (Phi) is 12.9. The highest BCUT2D eigenvalue weighted by Gasteiger charge is 2.78. The number of carbonyl (C=O) groups is 6. The number of amides is 2. The second kappa shape index (κ2) is 17.8. The Hall–Kier alpha value is -5.88. The van der Waals surface area contributed by atoms with Crippen LogP contribution >= 0.6 is 0 Å². The van der Waals surface area contributed by atoms with Gasteiger partial charge < -0.3 is 48.7 Å². The third-order valence-corrected chi connectivity index (χ3v) is 13.7. The molecule has 0 radical (unpaired) electrons. The van der Waals surface area contributed by atoms with Gasteiger partial charge in [0.05, 0.1) is 29.8 Å². The van der Waals surface area contributed by atoms with Crippen molar-refractivity contribution in [2.24, 2.45) is 22.7 Å². The lowest BCUT2D eigenvalue weighted by molar-refractivity contribution is -0.345. The number of anilines is 1. The van der Waals surface area contributed by atoms with Crippen molar-refractivity contribution >= 4 is 41.4 Å². The fourth-order valence-electron chi connectivity index (χ4n) is 10.4. The predicted octanol–water partition coefficient (Wildman–Crippen LogP) is 4.75. The Balaban J connectivity index is 1.38. The van der Waals surface area contributed by atoms with Crippen molar-refractivity contribution in [2.45, 2.75) is 122 Å². The van der Waals surface area contributed by atoms with Crippen molar-refractivity contribution in [3.8, 4) is 0 Å². The molecule has 3 aliphatic carbocycles. The molecule has 0 spiro atoms. The van der Waals surface area contributed by atoms with Crippen LogP contribution in [0.2, 0.25) is 0 Å². The number of ketones is 1. The van der Waals surface area contributed by atoms with Crippen molar-refractivity contribution in [3.63, 3.8) is 0 Å². The van der Waals surface area contributed by atoms with Crippen LogP contribution in [0.3, 0.4) is 0 Å². The topological polar surface area (TPSA) is 246 Å². The molecule has 17 heteroatoms. The zero-order valence-corrected chi connectivity index (χ0v) is 37.3. The summed E-state index contributed by atoms with van der Waals surface area (Å²) in [4.78, 5) is 84.0. The van der Waals surface area contributed by atoms with Gasteiger partial charge in [-0.05, 0) is 67.3 Å². The number of benzene rings is 2. The Morgan fingerprint density at radius 1 is 0.923 bits per heavy atom. The molecule has 11 atom stereocenters. The van der Waals surface area contributed by atoms with E-state index in [1.165, 1.54) is 58.2 Å². The van der Waals surface area contributed by atoms with Crippen molar-refractivity contribution < 1.29 is 72.2 Å². The summed E-state index contributed by atoms with van der Waals surface area (Å²) < 4.78 is 36.2. The minimum Gasteiger partial charge on any atom is -0.467 e. The standard InChI is InChI=1S/C48H56N2O15/c1-25(2)21-34(52)50-36(30-19-14-20-60-30)38(54)43(57)62-31-23-48(59)41(64-42(56)28-15-10-8-11-16-28)39-46(7,40(55)37(53)35(26(31)3)45(48,5)6)32(22-33-47(39,24-61-33)65-27(4)51)63-44(58)49-29-17-12-9-13-18-29/h8-20,25,31-33,36-39,41,53-54,59H,21-24H2,1-7H3,(H,49,58)(H,50,52)/t31-,32?,33+,36-,37+,38+,39?,41?,46+,47-,48+/m0/s1. The Labute approximate surface area is 375 Å². The zero-order chi connectivity index (χ0) is 47.2. The maximum absolute atomic E-state index is 15.6. The van der Waals surface area contributed by atoms with E-state index in [0.717, 1.165) is 6.92 Å². The summed E-state index contributed by atoms with van der Waals surface area (Å²) in [6.07, 6.45) is -10.5. The Morgan fingerprint density at radius 3 is 2.17 bits per heavy atom. The van der Waals surface area contributed by atoms with Gasteiger partial charge in [0.1, 0.15) is 47.9 Å². The van der Waals surface area contributed by atoms with Crippen LogP contribution < -0.4 is 10.6 Å². The van der Waals surface area contributed by atoms with Crippen molar-refractivity contribution in [2.75, 3.05) is 11.9 Å². The number of Topliss-reactive ketones (excluding diaryl/α,β-unsaturated/α-hetero) is 1. The lowest BCUT2D eigenvalue weighted by Crippen LogP contribution is -2.82. The quantitative estimate of drug-likeness (QED) is 0.0936. The van der Waals surface area contributed by atoms with E-state index in [4.69, 9.17) is 28.1 Å². The first-order valence-electron chi connectivity index (χ1n) is 21.6. The summed E-state index contributed by atoms with van der Waals surface area (Å²) >= 11 is 0. The molecule has 5 N–H and O–H groups in total. The first-order valence-corrected chi connectivity index (χ1v) is 21.6. The molecule has 2 heterocycles. The van der Waals surface area contributed by atoms with Crippen LogP contribution in [0.15, 0.2) is 94.6 Å². The third-order valence-electron chi connectivity index (χ3n) is 13.7. The van der Waals surface area contributed by atoms with Gasteiger partial charge in [-0.2, -0.15) is 0 Å². The number of nitrogens with one attached hydrogen (secondary N) is 2. The van der Waals surface area contributed by atoms with Crippen LogP contribution in [-0.4, -0.2) is 105 Å². The highest BCUT2D eigenvalue weighted by atomic mass is 16.6. The van der Waals surface area contributed by atoms with E-state index in [1.54, 1.807) is 48.5 Å². The van der Waals surface area contributed by atoms with E-state index in [-0.39, 0.29) is 47.8 Å². The third kappa shape index (κ3) is 8.34. The van der Waals surface area contributed by atoms with Gasteiger partial charge in [0, 0.05) is 37.3 Å². The average molecular weight is 901 g/mol. The smallest absolute Gasteiger partial charge is 0.411 e. The molecule has 3 unspecified atom stereocenters. The fraction of sp³-hybridized carbons (Fsp3) is 0.500. The van der Waals surface area contributed by atoms with Crippen LogP contribution in [0.4, 0.5) is 10.5 Å². The highest BCUT2D eigenvalue weighted by Crippen LogP contribution is 2.64. The van der Waals surface area contributed by atoms with Gasteiger partial charge in [0.2, 0.25) is 5.91 Å². The summed E-state index contributed by atoms with van der Waals surface area (Å²) in [5, 5.41) is 43.1. The van der Waals surface area contributed by atoms with E-state index in [0.29, 0.717) is 5.69 Å². The first-order chi connectivity index (χ1) is 30.6. The van der Waals surface area contributed by atoms with E-state index in [9.17, 15) is 39.3 Å². The molecule has 2 bridgehead atoms. The van der Waals surface area contributed by atoms with Crippen LogP contribution in [0.25, 0.3) is 0 Å². The zero-order valence-electron chi connectivity index (χ0n) is 37.3. The minimum atomic E-state index is -2.43. The van der Waals surface area contributed by atoms with Gasteiger partial charge in [-0.1, -0.05) is 64.1 Å². The number of aliphatic hydroxyl groups excluding tert-OH is 2. The molecule has 1 saturated heterocycles. The molecule has 1 aromatic heterocycles. The number of aliphatic hydroxyl groups is 3. The first kappa shape index (κ1) is 47.1. The van der Waals surface area contributed by atoms with E-state index in [2.05, 4.69) is 10.6 Å². The maximum atomic E-state index is 15.6. The molecule has 17 nitrogen and oxygen atoms in total. The predicted molar refractivity (Wildman–Crippen MR) is 228 cm³/mol. The molecule has 3 aromatic rings. The van der Waals surface area contributed by atoms with E-state index in [1.807, 2.05) is 13.8 Å². The van der Waals surface area contributed by atoms with Crippen molar-refractivity contribution in [1.29, 1.82) is 0 Å². The number of hydrogen-bond donors (Lipinski definition) is 5. The molecular formula is C48H56N2O15. The van der Waals surface area contributed by atoms with Gasteiger partial charge >= 0.3 is 24.0 Å². The number of ether oxygens (including phenoxy) is 5. The lowest BCUT2D eigenvalue weighted by atomic mass is 9.44. The number of fused-ring (bicyclic) bond motifs is 5. The van der Waals surface area contributed by atoms with Crippen LogP contribution in [-0.2, 0) is 42.9 Å². The van der Waals surface area contributed by atoms with Gasteiger partial charge in [0.15, 0.2) is 17.5 Å². The molecule has 65 heavy (non-hydrogen) atoms. The number of para-hydroxylation sites is 1. The van der Waals surface area contributed by atoms with Crippen LogP contribution in [0.1, 0.15) is 89.9 Å². The Bertz CT molecular complexity index is 2330.